The van der Waals surface area contributed by atoms with Gasteiger partial charge in [0, 0.05) is 22.0 Å². The molecule has 1 atom stereocenters. The van der Waals surface area contributed by atoms with Crippen molar-refractivity contribution in [1.82, 2.24) is 10.6 Å². The maximum Gasteiger partial charge on any atom is 0.225 e. The molecule has 1 amide bonds. The molecule has 0 radical (unpaired) electrons. The molecule has 0 aromatic heterocycles. The number of guanidine groups is 1. The van der Waals surface area contributed by atoms with E-state index in [-0.39, 0.29) is 11.9 Å². The molecule has 1 unspecified atom stereocenters. The Balaban J connectivity index is 2.49. The summed E-state index contributed by atoms with van der Waals surface area (Å²) >= 11 is 12.0. The number of hydrogen-bond acceptors (Lipinski definition) is 2. The third-order valence-electron chi connectivity index (χ3n) is 3.15. The van der Waals surface area contributed by atoms with Crippen molar-refractivity contribution in [2.75, 3.05) is 13.1 Å². The first kappa shape index (κ1) is 19.6. The van der Waals surface area contributed by atoms with Crippen LogP contribution in [0.2, 0.25) is 10.0 Å². The van der Waals surface area contributed by atoms with Crippen LogP contribution in [0.25, 0.3) is 0 Å². The summed E-state index contributed by atoms with van der Waals surface area (Å²) in [4.78, 5) is 15.9. The van der Waals surface area contributed by atoms with Crippen molar-refractivity contribution < 1.29 is 4.79 Å². The van der Waals surface area contributed by atoms with Crippen LogP contribution in [-0.2, 0) is 4.79 Å². The molecule has 23 heavy (non-hydrogen) atoms. The fourth-order valence-corrected chi connectivity index (χ4v) is 2.38. The highest BCUT2D eigenvalue weighted by atomic mass is 35.5. The fraction of sp³-hybridized carbons (Fsp3) is 0.500. The van der Waals surface area contributed by atoms with Gasteiger partial charge in [0.1, 0.15) is 0 Å². The second-order valence-electron chi connectivity index (χ2n) is 6.30. The number of carbonyl (C=O) groups excluding carboxylic acids is 1. The minimum atomic E-state index is -0.409. The van der Waals surface area contributed by atoms with Crippen LogP contribution in [0.4, 0.5) is 0 Å². The van der Waals surface area contributed by atoms with Crippen LogP contribution in [0.5, 0.6) is 0 Å². The maximum atomic E-state index is 11.7. The largest absolute Gasteiger partial charge is 0.370 e. The first-order chi connectivity index (χ1) is 10.6. The van der Waals surface area contributed by atoms with Gasteiger partial charge in [-0.25, -0.2) is 0 Å². The molecule has 4 N–H and O–H groups in total. The molecule has 1 aromatic carbocycles. The number of rotatable bonds is 5. The van der Waals surface area contributed by atoms with E-state index in [4.69, 9.17) is 28.9 Å². The predicted molar refractivity (Wildman–Crippen MR) is 97.0 cm³/mol. The minimum absolute atomic E-state index is 0.0134. The minimum Gasteiger partial charge on any atom is -0.370 e. The predicted octanol–water partition coefficient (Wildman–Crippen LogP) is 3.12. The van der Waals surface area contributed by atoms with Gasteiger partial charge in [-0.1, -0.05) is 50.0 Å². The number of benzene rings is 1. The topological polar surface area (TPSA) is 79.5 Å². The average molecular weight is 359 g/mol. The van der Waals surface area contributed by atoms with Crippen LogP contribution in [0, 0.1) is 5.41 Å². The summed E-state index contributed by atoms with van der Waals surface area (Å²) in [6, 6.07) is 5.20. The Kier molecular flexibility index (Phi) is 7.16. The highest BCUT2D eigenvalue weighted by molar-refractivity contribution is 6.35. The van der Waals surface area contributed by atoms with Gasteiger partial charge in [-0.15, -0.1) is 0 Å². The molecule has 7 heteroatoms. The van der Waals surface area contributed by atoms with Crippen LogP contribution in [0.15, 0.2) is 23.2 Å². The van der Waals surface area contributed by atoms with Crippen molar-refractivity contribution >= 4 is 35.1 Å². The van der Waals surface area contributed by atoms with Gasteiger partial charge in [0.2, 0.25) is 5.91 Å². The molecule has 0 aliphatic rings. The molecule has 0 fully saturated rings. The first-order valence-corrected chi connectivity index (χ1v) is 8.16. The second-order valence-corrected chi connectivity index (χ2v) is 7.15. The molecule has 0 spiro atoms. The summed E-state index contributed by atoms with van der Waals surface area (Å²) in [6.07, 6.45) is 0. The summed E-state index contributed by atoms with van der Waals surface area (Å²) in [5, 5.41) is 7.03. The van der Waals surface area contributed by atoms with Gasteiger partial charge in [-0.05, 0) is 24.6 Å². The molecular weight excluding hydrogens is 335 g/mol. The van der Waals surface area contributed by atoms with Crippen LogP contribution in [0.1, 0.15) is 39.3 Å². The van der Waals surface area contributed by atoms with Gasteiger partial charge in [-0.3, -0.25) is 9.79 Å². The Hall–Kier alpha value is -1.46. The van der Waals surface area contributed by atoms with Gasteiger partial charge in [0.15, 0.2) is 5.96 Å². The Morgan fingerprint density at radius 1 is 1.35 bits per heavy atom. The van der Waals surface area contributed by atoms with Crippen LogP contribution in [0.3, 0.4) is 0 Å². The molecule has 0 aliphatic carbocycles. The standard InChI is InChI=1S/C16H24Cl2N4O/c1-10(12-6-5-11(17)9-13(12)18)22-15(19)21-8-7-20-14(23)16(2,3)4/h5-6,9-10H,7-8H2,1-4H3,(H,20,23)(H3,19,21,22). The summed E-state index contributed by atoms with van der Waals surface area (Å²) in [5.41, 5.74) is 6.33. The monoisotopic (exact) mass is 358 g/mol. The number of amides is 1. The van der Waals surface area contributed by atoms with Gasteiger partial charge in [-0.2, -0.15) is 0 Å². The van der Waals surface area contributed by atoms with Gasteiger partial charge in [0.05, 0.1) is 12.6 Å². The lowest BCUT2D eigenvalue weighted by Crippen LogP contribution is -2.37. The number of hydrogen-bond donors (Lipinski definition) is 3. The van der Waals surface area contributed by atoms with E-state index in [0.29, 0.717) is 29.1 Å². The smallest absolute Gasteiger partial charge is 0.225 e. The van der Waals surface area contributed by atoms with Crippen molar-refractivity contribution in [2.24, 2.45) is 16.1 Å². The fourth-order valence-electron chi connectivity index (χ4n) is 1.81. The Labute approximate surface area is 147 Å². The molecule has 5 nitrogen and oxygen atoms in total. The third kappa shape index (κ3) is 6.67. The zero-order valence-corrected chi connectivity index (χ0v) is 15.4. The van der Waals surface area contributed by atoms with E-state index in [1.54, 1.807) is 12.1 Å². The van der Waals surface area contributed by atoms with Crippen LogP contribution < -0.4 is 16.4 Å². The highest BCUT2D eigenvalue weighted by Gasteiger charge is 2.20. The van der Waals surface area contributed by atoms with Gasteiger partial charge >= 0.3 is 0 Å². The van der Waals surface area contributed by atoms with E-state index in [1.165, 1.54) is 0 Å². The lowest BCUT2D eigenvalue weighted by atomic mass is 9.96. The van der Waals surface area contributed by atoms with E-state index < -0.39 is 5.41 Å². The molecule has 0 aliphatic heterocycles. The van der Waals surface area contributed by atoms with Crippen molar-refractivity contribution in [3.05, 3.63) is 33.8 Å². The molecule has 1 aromatic rings. The van der Waals surface area contributed by atoms with Crippen LogP contribution in [-0.4, -0.2) is 25.0 Å². The number of carbonyl (C=O) groups is 1. The normalized spacial score (nSPS) is 13.6. The van der Waals surface area contributed by atoms with Crippen molar-refractivity contribution in [2.45, 2.75) is 33.7 Å². The molecule has 0 heterocycles. The highest BCUT2D eigenvalue weighted by Crippen LogP contribution is 2.25. The first-order valence-electron chi connectivity index (χ1n) is 7.41. The molecule has 1 rings (SSSR count). The SMILES string of the molecule is CC(NC(N)=NCCNC(=O)C(C)(C)C)c1ccc(Cl)cc1Cl. The Bertz CT molecular complexity index is 582. The second kappa shape index (κ2) is 8.41. The Morgan fingerprint density at radius 3 is 2.57 bits per heavy atom. The summed E-state index contributed by atoms with van der Waals surface area (Å²) in [5.74, 6) is 0.286. The summed E-state index contributed by atoms with van der Waals surface area (Å²) in [6.45, 7) is 8.35. The number of nitrogens with zero attached hydrogens (tertiary/aromatic N) is 1. The Morgan fingerprint density at radius 2 is 2.00 bits per heavy atom. The van der Waals surface area contributed by atoms with E-state index >= 15 is 0 Å². The summed E-state index contributed by atoms with van der Waals surface area (Å²) < 4.78 is 0. The van der Waals surface area contributed by atoms with Crippen molar-refractivity contribution in [1.29, 1.82) is 0 Å². The molecule has 0 bridgehead atoms. The quantitative estimate of drug-likeness (QED) is 0.429. The molecule has 0 saturated heterocycles. The molecule has 128 valence electrons. The lowest BCUT2D eigenvalue weighted by molar-refractivity contribution is -0.128. The third-order valence-corrected chi connectivity index (χ3v) is 3.72. The van der Waals surface area contributed by atoms with E-state index in [2.05, 4.69) is 15.6 Å². The zero-order chi connectivity index (χ0) is 17.6. The average Bonchev–Trinajstić information content (AvgIpc) is 2.41. The van der Waals surface area contributed by atoms with Crippen molar-refractivity contribution in [3.63, 3.8) is 0 Å². The molecule has 0 saturated carbocycles. The maximum absolute atomic E-state index is 11.7. The summed E-state index contributed by atoms with van der Waals surface area (Å²) in [7, 11) is 0. The van der Waals surface area contributed by atoms with E-state index in [0.717, 1.165) is 5.56 Å². The number of nitrogens with one attached hydrogen (secondary N) is 2. The van der Waals surface area contributed by atoms with Gasteiger partial charge < -0.3 is 16.4 Å². The van der Waals surface area contributed by atoms with Crippen LogP contribution >= 0.6 is 23.2 Å². The van der Waals surface area contributed by atoms with Gasteiger partial charge in [0.25, 0.3) is 0 Å². The van der Waals surface area contributed by atoms with E-state index in [1.807, 2.05) is 33.8 Å². The number of halogens is 2. The van der Waals surface area contributed by atoms with Crippen molar-refractivity contribution in [3.8, 4) is 0 Å². The molecular formula is C16H24Cl2N4O. The number of nitrogens with two attached hydrogens (primary N) is 1. The number of aliphatic imine (C=N–C) groups is 1. The lowest BCUT2D eigenvalue weighted by Gasteiger charge is -2.18. The van der Waals surface area contributed by atoms with E-state index in [9.17, 15) is 4.79 Å². The zero-order valence-electron chi connectivity index (χ0n) is 13.9.